The molecule has 0 bridgehead atoms. The summed E-state index contributed by atoms with van der Waals surface area (Å²) in [4.78, 5) is 0. The first-order valence-electron chi connectivity index (χ1n) is 6.87. The summed E-state index contributed by atoms with van der Waals surface area (Å²) in [7, 11) is 0. The van der Waals surface area contributed by atoms with E-state index in [9.17, 15) is 0 Å². The van der Waals surface area contributed by atoms with Crippen molar-refractivity contribution in [2.24, 2.45) is 11.8 Å². The van der Waals surface area contributed by atoms with Crippen molar-refractivity contribution in [3.05, 3.63) is 29.8 Å². The number of hydrogen-bond donors (Lipinski definition) is 0. The van der Waals surface area contributed by atoms with Gasteiger partial charge in [0.15, 0.2) is 0 Å². The summed E-state index contributed by atoms with van der Waals surface area (Å²) in [5, 5.41) is 0.996. The van der Waals surface area contributed by atoms with Crippen molar-refractivity contribution in [3.63, 3.8) is 0 Å². The molecule has 0 amide bonds. The van der Waals surface area contributed by atoms with Gasteiger partial charge < -0.3 is 4.74 Å². The van der Waals surface area contributed by atoms with Gasteiger partial charge in [0.2, 0.25) is 0 Å². The Balaban J connectivity index is 2.53. The largest absolute Gasteiger partial charge is 0.493 e. The van der Waals surface area contributed by atoms with E-state index in [0.717, 1.165) is 17.7 Å². The van der Waals surface area contributed by atoms with E-state index in [2.05, 4.69) is 67.9 Å². The zero-order valence-electron chi connectivity index (χ0n) is 11.9. The Hall–Kier alpha value is -0.500. The fourth-order valence-electron chi connectivity index (χ4n) is 1.75. The van der Waals surface area contributed by atoms with Crippen LogP contribution >= 0.6 is 15.9 Å². The molecule has 0 radical (unpaired) electrons. The molecular weight excluding hydrogens is 288 g/mol. The highest BCUT2D eigenvalue weighted by Crippen LogP contribution is 2.22. The summed E-state index contributed by atoms with van der Waals surface area (Å²) < 4.78 is 5.86. The number of alkyl halides is 1. The summed E-state index contributed by atoms with van der Waals surface area (Å²) in [5.41, 5.74) is 1.39. The molecule has 0 N–H and O–H groups in total. The van der Waals surface area contributed by atoms with Crippen molar-refractivity contribution in [1.29, 1.82) is 0 Å². The van der Waals surface area contributed by atoms with Crippen molar-refractivity contribution >= 4 is 15.9 Å². The van der Waals surface area contributed by atoms with Crippen LogP contribution in [-0.4, -0.2) is 11.9 Å². The third-order valence-electron chi connectivity index (χ3n) is 3.67. The van der Waals surface area contributed by atoms with Crippen LogP contribution in [0.15, 0.2) is 24.3 Å². The van der Waals surface area contributed by atoms with Gasteiger partial charge in [0, 0.05) is 11.2 Å². The minimum atomic E-state index is 0.569. The van der Waals surface area contributed by atoms with E-state index < -0.39 is 0 Å². The molecule has 1 aromatic rings. The number of halogens is 1. The van der Waals surface area contributed by atoms with Crippen molar-refractivity contribution in [3.8, 4) is 5.75 Å². The average Bonchev–Trinajstić information content (AvgIpc) is 2.39. The molecule has 0 aliphatic rings. The number of ether oxygens (including phenoxy) is 1. The summed E-state index contributed by atoms with van der Waals surface area (Å²) in [6.45, 7) is 9.74. The second-order valence-corrected chi connectivity index (χ2v) is 6.00. The molecule has 2 unspecified atom stereocenters. The molecule has 1 aromatic carbocycles. The van der Waals surface area contributed by atoms with Gasteiger partial charge in [-0.15, -0.1) is 0 Å². The topological polar surface area (TPSA) is 9.23 Å². The Bertz CT molecular complexity index is 331. The molecule has 2 heteroatoms. The molecular formula is C16H25BrO. The maximum Gasteiger partial charge on any atom is 0.119 e. The third-order valence-corrected chi connectivity index (χ3v) is 4.50. The molecule has 0 aliphatic carbocycles. The van der Waals surface area contributed by atoms with Crippen LogP contribution in [0.3, 0.4) is 0 Å². The fraction of sp³-hybridized carbons (Fsp3) is 0.625. The Labute approximate surface area is 120 Å². The standard InChI is InChI=1S/C16H25BrO/c1-5-13(4)14-6-8-16(9-7-14)18-11-15(10-17)12(2)3/h6-9,12-13,15H,5,10-11H2,1-4H3. The van der Waals surface area contributed by atoms with Crippen LogP contribution in [0, 0.1) is 11.8 Å². The molecule has 2 atom stereocenters. The number of benzene rings is 1. The van der Waals surface area contributed by atoms with E-state index in [1.807, 2.05) is 0 Å². The maximum atomic E-state index is 5.86. The zero-order valence-corrected chi connectivity index (χ0v) is 13.5. The van der Waals surface area contributed by atoms with Crippen LogP contribution in [0.25, 0.3) is 0 Å². The maximum absolute atomic E-state index is 5.86. The predicted octanol–water partition coefficient (Wildman–Crippen LogP) is 5.25. The van der Waals surface area contributed by atoms with E-state index >= 15 is 0 Å². The smallest absolute Gasteiger partial charge is 0.119 e. The van der Waals surface area contributed by atoms with Crippen LogP contribution in [-0.2, 0) is 0 Å². The monoisotopic (exact) mass is 312 g/mol. The Morgan fingerprint density at radius 2 is 1.72 bits per heavy atom. The first-order valence-corrected chi connectivity index (χ1v) is 7.99. The quantitative estimate of drug-likeness (QED) is 0.625. The van der Waals surface area contributed by atoms with Crippen molar-refractivity contribution < 1.29 is 4.74 Å². The molecule has 0 fully saturated rings. The molecule has 0 saturated carbocycles. The highest BCUT2D eigenvalue weighted by molar-refractivity contribution is 9.09. The van der Waals surface area contributed by atoms with Gasteiger partial charge >= 0.3 is 0 Å². The highest BCUT2D eigenvalue weighted by Gasteiger charge is 2.12. The van der Waals surface area contributed by atoms with Crippen LogP contribution < -0.4 is 4.74 Å². The normalized spacial score (nSPS) is 14.6. The van der Waals surface area contributed by atoms with Crippen molar-refractivity contribution in [2.45, 2.75) is 40.0 Å². The van der Waals surface area contributed by atoms with Gasteiger partial charge in [0.25, 0.3) is 0 Å². The summed E-state index contributed by atoms with van der Waals surface area (Å²) >= 11 is 3.55. The van der Waals surface area contributed by atoms with Gasteiger partial charge in [-0.3, -0.25) is 0 Å². The van der Waals surface area contributed by atoms with Gasteiger partial charge in [-0.25, -0.2) is 0 Å². The highest BCUT2D eigenvalue weighted by atomic mass is 79.9. The molecule has 0 heterocycles. The van der Waals surface area contributed by atoms with E-state index in [0.29, 0.717) is 17.8 Å². The van der Waals surface area contributed by atoms with Gasteiger partial charge in [0.05, 0.1) is 6.61 Å². The van der Waals surface area contributed by atoms with Gasteiger partial charge in [-0.05, 0) is 36.0 Å². The van der Waals surface area contributed by atoms with Gasteiger partial charge in [0.1, 0.15) is 5.75 Å². The number of hydrogen-bond acceptors (Lipinski definition) is 1. The first-order chi connectivity index (χ1) is 8.58. The minimum Gasteiger partial charge on any atom is -0.493 e. The molecule has 0 saturated heterocycles. The first kappa shape index (κ1) is 15.6. The molecule has 0 aromatic heterocycles. The lowest BCUT2D eigenvalue weighted by Gasteiger charge is -2.19. The molecule has 0 aliphatic heterocycles. The van der Waals surface area contributed by atoms with E-state index in [-0.39, 0.29) is 0 Å². The lowest BCUT2D eigenvalue weighted by molar-refractivity contribution is 0.227. The third kappa shape index (κ3) is 4.64. The van der Waals surface area contributed by atoms with Crippen LogP contribution in [0.1, 0.15) is 45.6 Å². The zero-order chi connectivity index (χ0) is 13.5. The molecule has 102 valence electrons. The molecule has 1 nitrogen and oxygen atoms in total. The van der Waals surface area contributed by atoms with Gasteiger partial charge in [-0.2, -0.15) is 0 Å². The summed E-state index contributed by atoms with van der Waals surface area (Å²) in [6, 6.07) is 8.55. The van der Waals surface area contributed by atoms with Crippen LogP contribution in [0.5, 0.6) is 5.75 Å². The van der Waals surface area contributed by atoms with E-state index in [1.165, 1.54) is 12.0 Å². The Morgan fingerprint density at radius 3 is 2.17 bits per heavy atom. The molecule has 1 rings (SSSR count). The number of rotatable bonds is 7. The van der Waals surface area contributed by atoms with Crippen LogP contribution in [0.4, 0.5) is 0 Å². The molecule has 18 heavy (non-hydrogen) atoms. The second kappa shape index (κ2) is 7.83. The SMILES string of the molecule is CCC(C)c1ccc(OCC(CBr)C(C)C)cc1. The lowest BCUT2D eigenvalue weighted by Crippen LogP contribution is -2.19. The van der Waals surface area contributed by atoms with E-state index in [1.54, 1.807) is 0 Å². The van der Waals surface area contributed by atoms with Crippen LogP contribution in [0.2, 0.25) is 0 Å². The molecule has 0 spiro atoms. The summed E-state index contributed by atoms with van der Waals surface area (Å²) in [6.07, 6.45) is 1.18. The van der Waals surface area contributed by atoms with Gasteiger partial charge in [-0.1, -0.05) is 55.8 Å². The lowest BCUT2D eigenvalue weighted by atomic mass is 9.98. The average molecular weight is 313 g/mol. The fourth-order valence-corrected chi connectivity index (χ4v) is 2.68. The van der Waals surface area contributed by atoms with Crippen molar-refractivity contribution in [1.82, 2.24) is 0 Å². The van der Waals surface area contributed by atoms with Crippen molar-refractivity contribution in [2.75, 3.05) is 11.9 Å². The Morgan fingerprint density at radius 1 is 1.11 bits per heavy atom. The minimum absolute atomic E-state index is 0.569. The van der Waals surface area contributed by atoms with E-state index in [4.69, 9.17) is 4.74 Å². The predicted molar refractivity (Wildman–Crippen MR) is 82.8 cm³/mol. The summed E-state index contributed by atoms with van der Waals surface area (Å²) in [5.74, 6) is 2.82. The second-order valence-electron chi connectivity index (χ2n) is 5.35. The Kier molecular flexibility index (Phi) is 6.77.